The number of benzene rings is 1. The fourth-order valence-electron chi connectivity index (χ4n) is 3.96. The molecule has 1 aromatic rings. The third-order valence-electron chi connectivity index (χ3n) is 5.60. The maximum absolute atomic E-state index is 13.0. The van der Waals surface area contributed by atoms with Crippen LogP contribution < -0.4 is 14.8 Å². The van der Waals surface area contributed by atoms with E-state index in [4.69, 9.17) is 9.47 Å². The van der Waals surface area contributed by atoms with E-state index in [2.05, 4.69) is 5.32 Å². The number of methoxy groups -OCH3 is 1. The van der Waals surface area contributed by atoms with Gasteiger partial charge in [0.25, 0.3) is 10.2 Å². The van der Waals surface area contributed by atoms with Gasteiger partial charge in [-0.1, -0.05) is 0 Å². The number of carbonyl (C=O) groups is 1. The second-order valence-electron chi connectivity index (χ2n) is 8.49. The average Bonchev–Trinajstić information content (AvgIpc) is 2.66. The van der Waals surface area contributed by atoms with Crippen molar-refractivity contribution in [2.45, 2.75) is 44.8 Å². The highest BCUT2D eigenvalue weighted by Crippen LogP contribution is 2.41. The number of fused-ring (bicyclic) bond motifs is 1. The Morgan fingerprint density at radius 3 is 2.52 bits per heavy atom. The average molecular weight is 426 g/mol. The molecule has 0 radical (unpaired) electrons. The van der Waals surface area contributed by atoms with Crippen LogP contribution in [0.4, 0.5) is 0 Å². The number of hydrogen-bond donors (Lipinski definition) is 1. The normalized spacial score (nSPS) is 22.6. The summed E-state index contributed by atoms with van der Waals surface area (Å²) in [5.41, 5.74) is 0.507. The van der Waals surface area contributed by atoms with E-state index in [0.717, 1.165) is 11.3 Å². The van der Waals surface area contributed by atoms with Crippen LogP contribution in [0.1, 0.15) is 44.7 Å². The molecule has 3 rings (SSSR count). The Balaban J connectivity index is 1.70. The van der Waals surface area contributed by atoms with Crippen molar-refractivity contribution in [1.29, 1.82) is 0 Å². The van der Waals surface area contributed by atoms with Gasteiger partial charge in [0.1, 0.15) is 17.1 Å². The molecule has 0 aliphatic carbocycles. The van der Waals surface area contributed by atoms with Gasteiger partial charge in [0.2, 0.25) is 5.91 Å². The van der Waals surface area contributed by atoms with Crippen LogP contribution in [-0.2, 0) is 15.0 Å². The molecule has 2 heterocycles. The molecule has 0 spiro atoms. The Morgan fingerprint density at radius 1 is 1.28 bits per heavy atom. The number of amides is 1. The molecule has 1 atom stereocenters. The standard InChI is InChI=1S/C20H31N3O5S/c1-20(2)13-17(16-12-15(27-5)6-7-18(16)28-20)21-19(24)14-8-10-23(11-9-14)29(25,26)22(3)4/h6-7,12,14,17H,8-11,13H2,1-5H3,(H,21,24)/t17-/m0/s1. The van der Waals surface area contributed by atoms with E-state index in [1.807, 2.05) is 32.0 Å². The third kappa shape index (κ3) is 4.67. The first-order chi connectivity index (χ1) is 13.5. The molecule has 29 heavy (non-hydrogen) atoms. The monoisotopic (exact) mass is 425 g/mol. The summed E-state index contributed by atoms with van der Waals surface area (Å²) in [5.74, 6) is 1.22. The number of rotatable bonds is 5. The van der Waals surface area contributed by atoms with Crippen LogP contribution in [0.5, 0.6) is 11.5 Å². The van der Waals surface area contributed by atoms with Crippen molar-refractivity contribution in [3.8, 4) is 11.5 Å². The van der Waals surface area contributed by atoms with Crippen LogP contribution in [0.3, 0.4) is 0 Å². The number of nitrogens with zero attached hydrogens (tertiary/aromatic N) is 2. The summed E-state index contributed by atoms with van der Waals surface area (Å²) in [6.45, 7) is 4.71. The Bertz CT molecular complexity index is 861. The van der Waals surface area contributed by atoms with E-state index in [-0.39, 0.29) is 17.9 Å². The van der Waals surface area contributed by atoms with Gasteiger partial charge in [0, 0.05) is 45.1 Å². The molecule has 2 aliphatic heterocycles. The summed E-state index contributed by atoms with van der Waals surface area (Å²) in [6.07, 6.45) is 1.67. The van der Waals surface area contributed by atoms with Gasteiger partial charge in [-0.05, 0) is 44.9 Å². The first-order valence-electron chi connectivity index (χ1n) is 9.88. The minimum atomic E-state index is -3.43. The second-order valence-corrected chi connectivity index (χ2v) is 10.6. The van der Waals surface area contributed by atoms with Crippen molar-refractivity contribution in [2.24, 2.45) is 5.92 Å². The van der Waals surface area contributed by atoms with Gasteiger partial charge >= 0.3 is 0 Å². The highest BCUT2D eigenvalue weighted by atomic mass is 32.2. The van der Waals surface area contributed by atoms with Crippen LogP contribution >= 0.6 is 0 Å². The smallest absolute Gasteiger partial charge is 0.281 e. The maximum atomic E-state index is 13.0. The first kappa shape index (κ1) is 21.9. The fourth-order valence-corrected chi connectivity index (χ4v) is 5.09. The lowest BCUT2D eigenvalue weighted by molar-refractivity contribution is -0.127. The Morgan fingerprint density at radius 2 is 1.93 bits per heavy atom. The second kappa shape index (κ2) is 8.12. The topological polar surface area (TPSA) is 88.2 Å². The number of nitrogens with one attached hydrogen (secondary N) is 1. The van der Waals surface area contributed by atoms with Crippen LogP contribution in [0.25, 0.3) is 0 Å². The summed E-state index contributed by atoms with van der Waals surface area (Å²) in [6, 6.07) is 5.44. The minimum Gasteiger partial charge on any atom is -0.497 e. The number of hydrogen-bond acceptors (Lipinski definition) is 5. The number of ether oxygens (including phenoxy) is 2. The molecule has 1 aromatic carbocycles. The summed E-state index contributed by atoms with van der Waals surface area (Å²) < 4.78 is 38.6. The van der Waals surface area contributed by atoms with E-state index in [1.54, 1.807) is 7.11 Å². The molecule has 0 aromatic heterocycles. The van der Waals surface area contributed by atoms with E-state index in [1.165, 1.54) is 22.7 Å². The lowest BCUT2D eigenvalue weighted by Crippen LogP contribution is -2.48. The largest absolute Gasteiger partial charge is 0.497 e. The highest BCUT2D eigenvalue weighted by molar-refractivity contribution is 7.86. The van der Waals surface area contributed by atoms with E-state index >= 15 is 0 Å². The molecule has 1 N–H and O–H groups in total. The van der Waals surface area contributed by atoms with Crippen molar-refractivity contribution in [3.05, 3.63) is 23.8 Å². The first-order valence-corrected chi connectivity index (χ1v) is 11.3. The molecule has 2 aliphatic rings. The zero-order chi connectivity index (χ0) is 21.4. The zero-order valence-electron chi connectivity index (χ0n) is 17.8. The minimum absolute atomic E-state index is 0.0385. The molecule has 0 saturated carbocycles. The summed E-state index contributed by atoms with van der Waals surface area (Å²) in [7, 11) is 1.22. The van der Waals surface area contributed by atoms with Gasteiger partial charge in [0.05, 0.1) is 13.2 Å². The molecule has 9 heteroatoms. The van der Waals surface area contributed by atoms with Gasteiger partial charge in [0.15, 0.2) is 0 Å². The Kier molecular flexibility index (Phi) is 6.12. The van der Waals surface area contributed by atoms with Gasteiger partial charge in [-0.2, -0.15) is 17.0 Å². The van der Waals surface area contributed by atoms with E-state index < -0.39 is 15.8 Å². The van der Waals surface area contributed by atoms with Crippen molar-refractivity contribution < 1.29 is 22.7 Å². The lowest BCUT2D eigenvalue weighted by Gasteiger charge is -2.39. The van der Waals surface area contributed by atoms with Crippen LogP contribution in [-0.4, -0.2) is 62.8 Å². The van der Waals surface area contributed by atoms with Crippen molar-refractivity contribution in [2.75, 3.05) is 34.3 Å². The van der Waals surface area contributed by atoms with Gasteiger partial charge < -0.3 is 14.8 Å². The molecule has 1 fully saturated rings. The maximum Gasteiger partial charge on any atom is 0.281 e. The number of piperidine rings is 1. The van der Waals surface area contributed by atoms with Gasteiger partial charge in [-0.25, -0.2) is 0 Å². The van der Waals surface area contributed by atoms with Gasteiger partial charge in [-0.3, -0.25) is 4.79 Å². The fraction of sp³-hybridized carbons (Fsp3) is 0.650. The highest BCUT2D eigenvalue weighted by Gasteiger charge is 2.37. The number of carbonyl (C=O) groups excluding carboxylic acids is 1. The third-order valence-corrected chi connectivity index (χ3v) is 7.54. The molecular weight excluding hydrogens is 394 g/mol. The molecule has 1 amide bonds. The summed E-state index contributed by atoms with van der Waals surface area (Å²) >= 11 is 0. The quantitative estimate of drug-likeness (QED) is 0.779. The Hall–Kier alpha value is -1.84. The van der Waals surface area contributed by atoms with Crippen LogP contribution in [0.15, 0.2) is 18.2 Å². The molecule has 8 nitrogen and oxygen atoms in total. The zero-order valence-corrected chi connectivity index (χ0v) is 18.6. The molecular formula is C20H31N3O5S. The Labute approximate surface area is 173 Å². The van der Waals surface area contributed by atoms with Crippen LogP contribution in [0.2, 0.25) is 0 Å². The molecule has 0 bridgehead atoms. The summed E-state index contributed by atoms with van der Waals surface area (Å²) in [4.78, 5) is 13.0. The molecule has 162 valence electrons. The van der Waals surface area contributed by atoms with Crippen LogP contribution in [0, 0.1) is 5.92 Å². The van der Waals surface area contributed by atoms with E-state index in [0.29, 0.717) is 38.1 Å². The SMILES string of the molecule is COc1ccc2c(c1)[C@@H](NC(=O)C1CCN(S(=O)(=O)N(C)C)CC1)CC(C)(C)O2. The predicted octanol–water partition coefficient (Wildman–Crippen LogP) is 1.93. The molecule has 1 saturated heterocycles. The predicted molar refractivity (Wildman–Crippen MR) is 110 cm³/mol. The van der Waals surface area contributed by atoms with Crippen molar-refractivity contribution in [3.63, 3.8) is 0 Å². The van der Waals surface area contributed by atoms with Crippen molar-refractivity contribution in [1.82, 2.24) is 13.9 Å². The van der Waals surface area contributed by atoms with Crippen molar-refractivity contribution >= 4 is 16.1 Å². The lowest BCUT2D eigenvalue weighted by atomic mass is 9.88. The van der Waals surface area contributed by atoms with E-state index in [9.17, 15) is 13.2 Å². The molecule has 0 unspecified atom stereocenters. The van der Waals surface area contributed by atoms with Gasteiger partial charge in [-0.15, -0.1) is 0 Å². The summed E-state index contributed by atoms with van der Waals surface area (Å²) in [5, 5.41) is 3.18.